The fourth-order valence-corrected chi connectivity index (χ4v) is 21.4. The minimum absolute atomic E-state index is 0.0778. The lowest BCUT2D eigenvalue weighted by molar-refractivity contribution is 0.0184. The van der Waals surface area contributed by atoms with Crippen LogP contribution in [0.2, 0.25) is 0 Å². The third-order valence-corrected chi connectivity index (χ3v) is 21.6. The molecule has 48 heavy (non-hydrogen) atoms. The van der Waals surface area contributed by atoms with E-state index >= 15 is 0 Å². The molecule has 0 nitrogen and oxygen atoms in total. The Balaban J connectivity index is 1.17. The Morgan fingerprint density at radius 3 is 1.35 bits per heavy atom. The van der Waals surface area contributed by atoms with Crippen molar-refractivity contribution in [3.8, 4) is 0 Å². The molecule has 0 N–H and O–H groups in total. The van der Waals surface area contributed by atoms with Gasteiger partial charge in [0.1, 0.15) is 0 Å². The standard InChI is InChI=1S/C46H60P2/c1-31-10-6-8-12-42(31)47(43-13-9-7-11-32(43)2)29-40-22-41(44(3,4)5)15-14-39(40)30-48(45-23-33-16-34(24-45)18-35(17-33)25-45)46-26-36-19-37(27-46)21-38(20-36)28-46/h6-15,22,33-38H,16-21,23-30H2,1-5H3. The van der Waals surface area contributed by atoms with Crippen molar-refractivity contribution in [1.82, 2.24) is 0 Å². The molecule has 8 aliphatic rings. The van der Waals surface area contributed by atoms with Crippen LogP contribution >= 0.6 is 15.8 Å². The molecule has 11 rings (SSSR count). The van der Waals surface area contributed by atoms with Crippen molar-refractivity contribution in [2.75, 3.05) is 0 Å². The van der Waals surface area contributed by atoms with Crippen LogP contribution in [0.5, 0.6) is 0 Å². The summed E-state index contributed by atoms with van der Waals surface area (Å²) in [6.07, 6.45) is 21.6. The molecular weight excluding hydrogens is 614 g/mol. The van der Waals surface area contributed by atoms with Crippen LogP contribution in [0.15, 0.2) is 66.7 Å². The lowest BCUT2D eigenvalue weighted by atomic mass is 9.55. The Morgan fingerprint density at radius 1 is 0.542 bits per heavy atom. The number of hydrogen-bond donors (Lipinski definition) is 0. The van der Waals surface area contributed by atoms with E-state index in [1.54, 1.807) is 98.8 Å². The lowest BCUT2D eigenvalue weighted by Crippen LogP contribution is -2.56. The summed E-state index contributed by atoms with van der Waals surface area (Å²) in [6.45, 7) is 12.0. The molecule has 8 fully saturated rings. The van der Waals surface area contributed by atoms with Crippen molar-refractivity contribution in [1.29, 1.82) is 0 Å². The predicted octanol–water partition coefficient (Wildman–Crippen LogP) is 12.2. The summed E-state index contributed by atoms with van der Waals surface area (Å²) in [5.74, 6) is 6.29. The molecule has 8 aliphatic carbocycles. The molecule has 0 heterocycles. The smallest absolute Gasteiger partial charge is 0.00106 e. The van der Waals surface area contributed by atoms with E-state index in [-0.39, 0.29) is 13.3 Å². The highest BCUT2D eigenvalue weighted by Crippen LogP contribution is 2.79. The highest BCUT2D eigenvalue weighted by Gasteiger charge is 2.62. The largest absolute Gasteiger partial charge is 0.0894 e. The monoisotopic (exact) mass is 674 g/mol. The van der Waals surface area contributed by atoms with Crippen molar-refractivity contribution >= 4 is 26.5 Å². The molecule has 0 aromatic heterocycles. The van der Waals surface area contributed by atoms with Gasteiger partial charge in [-0.15, -0.1) is 0 Å². The molecule has 8 bridgehead atoms. The minimum atomic E-state index is -0.505. The summed E-state index contributed by atoms with van der Waals surface area (Å²) in [4.78, 5) is 0. The van der Waals surface area contributed by atoms with Gasteiger partial charge in [0.05, 0.1) is 0 Å². The van der Waals surface area contributed by atoms with E-state index in [1.165, 1.54) is 29.0 Å². The molecule has 3 aromatic carbocycles. The van der Waals surface area contributed by atoms with Gasteiger partial charge < -0.3 is 0 Å². The molecule has 8 saturated carbocycles. The molecule has 0 aliphatic heterocycles. The normalized spacial score (nSPS) is 35.5. The first-order valence-corrected chi connectivity index (χ1v) is 22.9. The third kappa shape index (κ3) is 5.71. The molecule has 0 radical (unpaired) electrons. The Bertz CT molecular complexity index is 1510. The number of benzene rings is 3. The summed E-state index contributed by atoms with van der Waals surface area (Å²) in [5, 5.41) is 4.51. The SMILES string of the molecule is Cc1ccccc1P(Cc1cc(C(C)(C)C)ccc1CP(C12CC3CC(CC(C3)C1)C2)C12CC3CC(CC(C3)C1)C2)c1ccccc1C. The first kappa shape index (κ1) is 32.4. The molecule has 3 aromatic rings. The fraction of sp³-hybridized carbons (Fsp3) is 0.609. The Kier molecular flexibility index (Phi) is 8.14. The van der Waals surface area contributed by atoms with Crippen LogP contribution in [-0.4, -0.2) is 10.3 Å². The number of hydrogen-bond acceptors (Lipinski definition) is 0. The third-order valence-electron chi connectivity index (χ3n) is 14.7. The van der Waals surface area contributed by atoms with Crippen LogP contribution < -0.4 is 10.6 Å². The van der Waals surface area contributed by atoms with Gasteiger partial charge in [-0.25, -0.2) is 0 Å². The maximum Gasteiger partial charge on any atom is 0.00106 e. The van der Waals surface area contributed by atoms with E-state index in [2.05, 4.69) is 101 Å². The summed E-state index contributed by atoms with van der Waals surface area (Å²) in [5.41, 5.74) is 8.07. The minimum Gasteiger partial charge on any atom is -0.0894 e. The van der Waals surface area contributed by atoms with E-state index in [1.807, 2.05) is 0 Å². The zero-order valence-electron chi connectivity index (χ0n) is 30.6. The van der Waals surface area contributed by atoms with Crippen LogP contribution in [0.4, 0.5) is 0 Å². The van der Waals surface area contributed by atoms with Crippen LogP contribution in [0.3, 0.4) is 0 Å². The Labute approximate surface area is 295 Å². The van der Waals surface area contributed by atoms with Crippen molar-refractivity contribution < 1.29 is 0 Å². The maximum absolute atomic E-state index is 2.72. The van der Waals surface area contributed by atoms with Crippen molar-refractivity contribution in [2.24, 2.45) is 35.5 Å². The molecule has 0 unspecified atom stereocenters. The summed E-state index contributed by atoms with van der Waals surface area (Å²) in [6, 6.07) is 26.7. The highest BCUT2D eigenvalue weighted by atomic mass is 31.1. The van der Waals surface area contributed by atoms with Crippen LogP contribution in [0, 0.1) is 49.4 Å². The summed E-state index contributed by atoms with van der Waals surface area (Å²) in [7, 11) is -0.583. The van der Waals surface area contributed by atoms with Crippen LogP contribution in [0.25, 0.3) is 0 Å². The second-order valence-electron chi connectivity index (χ2n) is 19.3. The number of rotatable bonds is 8. The van der Waals surface area contributed by atoms with Gasteiger partial charge in [-0.05, 0) is 195 Å². The summed E-state index contributed by atoms with van der Waals surface area (Å²) >= 11 is 0. The van der Waals surface area contributed by atoms with Gasteiger partial charge in [0, 0.05) is 6.16 Å². The zero-order valence-corrected chi connectivity index (χ0v) is 32.4. The molecule has 0 amide bonds. The average molecular weight is 675 g/mol. The fourth-order valence-electron chi connectivity index (χ4n) is 13.4. The second-order valence-corrected chi connectivity index (χ2v) is 24.5. The van der Waals surface area contributed by atoms with Gasteiger partial charge in [0.15, 0.2) is 0 Å². The van der Waals surface area contributed by atoms with E-state index in [9.17, 15) is 0 Å². The van der Waals surface area contributed by atoms with Gasteiger partial charge in [0.25, 0.3) is 0 Å². The van der Waals surface area contributed by atoms with Gasteiger partial charge in [-0.2, -0.15) is 0 Å². The molecule has 254 valence electrons. The van der Waals surface area contributed by atoms with Crippen LogP contribution in [-0.2, 0) is 17.7 Å². The Hall–Kier alpha value is -1.48. The average Bonchev–Trinajstić information content (AvgIpc) is 3.02. The van der Waals surface area contributed by atoms with E-state index in [0.717, 1.165) is 35.5 Å². The number of aryl methyl sites for hydroxylation is 2. The molecule has 0 saturated heterocycles. The lowest BCUT2D eigenvalue weighted by Gasteiger charge is -2.67. The molecule has 2 heteroatoms. The quantitative estimate of drug-likeness (QED) is 0.209. The summed E-state index contributed by atoms with van der Waals surface area (Å²) < 4.78 is 0. The van der Waals surface area contributed by atoms with E-state index < -0.39 is 7.92 Å². The van der Waals surface area contributed by atoms with Crippen molar-refractivity contribution in [3.63, 3.8) is 0 Å². The van der Waals surface area contributed by atoms with Crippen molar-refractivity contribution in [2.45, 2.75) is 140 Å². The van der Waals surface area contributed by atoms with Crippen molar-refractivity contribution in [3.05, 3.63) is 94.5 Å². The van der Waals surface area contributed by atoms with Crippen LogP contribution in [0.1, 0.15) is 126 Å². The molecule has 0 atom stereocenters. The zero-order chi connectivity index (χ0) is 32.8. The van der Waals surface area contributed by atoms with Gasteiger partial charge in [0.2, 0.25) is 0 Å². The van der Waals surface area contributed by atoms with E-state index in [0.29, 0.717) is 10.3 Å². The molecule has 0 spiro atoms. The maximum atomic E-state index is 2.72. The van der Waals surface area contributed by atoms with E-state index in [4.69, 9.17) is 0 Å². The molecular formula is C46H60P2. The first-order chi connectivity index (χ1) is 23.1. The Morgan fingerprint density at radius 2 is 0.958 bits per heavy atom. The first-order valence-electron chi connectivity index (χ1n) is 19.8. The topological polar surface area (TPSA) is 0 Å². The highest BCUT2D eigenvalue weighted by molar-refractivity contribution is 7.72. The van der Waals surface area contributed by atoms with Gasteiger partial charge >= 0.3 is 0 Å². The van der Waals surface area contributed by atoms with Gasteiger partial charge in [-0.3, -0.25) is 0 Å². The van der Waals surface area contributed by atoms with Gasteiger partial charge in [-0.1, -0.05) is 95.4 Å². The predicted molar refractivity (Wildman–Crippen MR) is 210 cm³/mol. The second kappa shape index (κ2) is 12.1.